The zero-order chi connectivity index (χ0) is 22.9. The summed E-state index contributed by atoms with van der Waals surface area (Å²) in [4.78, 5) is 14.3. The number of nitrogens with two attached hydrogens (primary N) is 1. The molecule has 170 valence electrons. The highest BCUT2D eigenvalue weighted by Gasteiger charge is 2.29. The third kappa shape index (κ3) is 4.10. The molecular weight excluding hydrogens is 482 g/mol. The molecule has 1 amide bonds. The Hall–Kier alpha value is -2.94. The van der Waals surface area contributed by atoms with Crippen molar-refractivity contribution in [1.29, 1.82) is 0 Å². The van der Waals surface area contributed by atoms with E-state index in [4.69, 9.17) is 15.6 Å². The second kappa shape index (κ2) is 9.13. The predicted molar refractivity (Wildman–Crippen MR) is 134 cm³/mol. The summed E-state index contributed by atoms with van der Waals surface area (Å²) in [5.74, 6) is 0.0188. The van der Waals surface area contributed by atoms with Gasteiger partial charge < -0.3 is 15.8 Å². The quantitative estimate of drug-likeness (QED) is 0.540. The minimum atomic E-state index is 0.00489. The lowest BCUT2D eigenvalue weighted by Gasteiger charge is -2.33. The van der Waals surface area contributed by atoms with Crippen LogP contribution in [0.1, 0.15) is 24.3 Å². The molecule has 0 spiro atoms. The Bertz CT molecular complexity index is 1220. The normalized spacial score (nSPS) is 17.6. The highest BCUT2D eigenvalue weighted by Crippen LogP contribution is 2.42. The second-order valence-electron chi connectivity index (χ2n) is 8.27. The molecule has 1 fully saturated rings. The topological polar surface area (TPSA) is 85.4 Å². The molecule has 0 bridgehead atoms. The summed E-state index contributed by atoms with van der Waals surface area (Å²) in [6.45, 7) is 5.25. The molecule has 0 aliphatic carbocycles. The molecule has 1 unspecified atom stereocenters. The molecule has 5 rings (SSSR count). The van der Waals surface area contributed by atoms with Gasteiger partial charge in [0.25, 0.3) is 0 Å². The van der Waals surface area contributed by atoms with Crippen LogP contribution in [0.2, 0.25) is 0 Å². The second-order valence-corrected chi connectivity index (χ2v) is 9.13. The average Bonchev–Trinajstić information content (AvgIpc) is 3.43. The number of nitrogens with one attached hydrogen (secondary N) is 1. The van der Waals surface area contributed by atoms with Gasteiger partial charge in [-0.05, 0) is 46.1 Å². The van der Waals surface area contributed by atoms with Crippen LogP contribution >= 0.6 is 15.9 Å². The minimum absolute atomic E-state index is 0.00489. The summed E-state index contributed by atoms with van der Waals surface area (Å²) in [7, 11) is 0. The first-order valence-corrected chi connectivity index (χ1v) is 11.9. The number of halogens is 1. The largest absolute Gasteiger partial charge is 0.404 e. The average molecular weight is 508 g/mol. The molecule has 2 aliphatic rings. The van der Waals surface area contributed by atoms with Crippen LogP contribution in [0.4, 0.5) is 5.69 Å². The van der Waals surface area contributed by atoms with E-state index in [1.807, 2.05) is 35.0 Å². The smallest absolute Gasteiger partial charge is 0.228 e. The van der Waals surface area contributed by atoms with Gasteiger partial charge in [-0.2, -0.15) is 5.10 Å². The van der Waals surface area contributed by atoms with Gasteiger partial charge in [0.1, 0.15) is 11.9 Å². The summed E-state index contributed by atoms with van der Waals surface area (Å²) in [6, 6.07) is 16.3. The summed E-state index contributed by atoms with van der Waals surface area (Å²) < 4.78 is 8.37. The lowest BCUT2D eigenvalue weighted by molar-refractivity contribution is -0.115. The van der Waals surface area contributed by atoms with Crippen LogP contribution in [-0.2, 0) is 16.0 Å². The molecule has 1 atom stereocenters. The first-order chi connectivity index (χ1) is 16.1. The van der Waals surface area contributed by atoms with E-state index in [9.17, 15) is 4.79 Å². The van der Waals surface area contributed by atoms with Gasteiger partial charge in [-0.1, -0.05) is 36.4 Å². The monoisotopic (exact) mass is 507 g/mol. The fourth-order valence-corrected chi connectivity index (χ4v) is 4.95. The third-order valence-electron chi connectivity index (χ3n) is 6.28. The number of aromatic nitrogens is 2. The lowest BCUT2D eigenvalue weighted by Crippen LogP contribution is -2.40. The molecule has 3 aromatic rings. The van der Waals surface area contributed by atoms with Crippen LogP contribution in [0.3, 0.4) is 0 Å². The zero-order valence-corrected chi connectivity index (χ0v) is 20.0. The zero-order valence-electron chi connectivity index (χ0n) is 18.4. The predicted octanol–water partition coefficient (Wildman–Crippen LogP) is 4.21. The highest BCUT2D eigenvalue weighted by atomic mass is 79.9. The van der Waals surface area contributed by atoms with Crippen molar-refractivity contribution in [2.75, 3.05) is 31.6 Å². The molecule has 8 heteroatoms. The van der Waals surface area contributed by atoms with Crippen LogP contribution in [0.15, 0.2) is 54.7 Å². The molecule has 1 aromatic heterocycles. The fourth-order valence-electron chi connectivity index (χ4n) is 4.57. The van der Waals surface area contributed by atoms with Crippen LogP contribution in [0, 0.1) is 0 Å². The molecule has 3 N–H and O–H groups in total. The van der Waals surface area contributed by atoms with Crippen molar-refractivity contribution in [3.05, 3.63) is 66.0 Å². The van der Waals surface area contributed by atoms with E-state index in [-0.39, 0.29) is 12.1 Å². The van der Waals surface area contributed by atoms with Crippen LogP contribution in [0.5, 0.6) is 0 Å². The Kier molecular flexibility index (Phi) is 6.05. The minimum Gasteiger partial charge on any atom is -0.404 e. The van der Waals surface area contributed by atoms with E-state index >= 15 is 0 Å². The number of benzene rings is 2. The van der Waals surface area contributed by atoms with Crippen LogP contribution in [0.25, 0.3) is 26.9 Å². The molecule has 0 radical (unpaired) electrons. The van der Waals surface area contributed by atoms with Crippen LogP contribution in [-0.4, -0.2) is 46.9 Å². The molecule has 2 aromatic carbocycles. The molecule has 3 heterocycles. The maximum Gasteiger partial charge on any atom is 0.228 e. The molecular formula is C25H26BrN5O2. The van der Waals surface area contributed by atoms with Gasteiger partial charge >= 0.3 is 0 Å². The van der Waals surface area contributed by atoms with E-state index in [1.165, 1.54) is 0 Å². The van der Waals surface area contributed by atoms with E-state index < -0.39 is 0 Å². The van der Waals surface area contributed by atoms with Gasteiger partial charge in [0.2, 0.25) is 5.91 Å². The molecule has 1 saturated heterocycles. The molecule has 33 heavy (non-hydrogen) atoms. The summed E-state index contributed by atoms with van der Waals surface area (Å²) >= 11 is 3.70. The fraction of sp³-hybridized carbons (Fsp3) is 0.280. The number of rotatable bonds is 5. The first-order valence-electron chi connectivity index (χ1n) is 11.1. The van der Waals surface area contributed by atoms with Crippen molar-refractivity contribution in [1.82, 2.24) is 14.7 Å². The van der Waals surface area contributed by atoms with Crippen molar-refractivity contribution in [3.63, 3.8) is 0 Å². The van der Waals surface area contributed by atoms with Crippen LogP contribution < -0.4 is 11.1 Å². The van der Waals surface area contributed by atoms with E-state index in [0.717, 1.165) is 56.9 Å². The number of hydrogen-bond acceptors (Lipinski definition) is 5. The van der Waals surface area contributed by atoms with Crippen molar-refractivity contribution in [2.24, 2.45) is 5.73 Å². The van der Waals surface area contributed by atoms with Gasteiger partial charge in [0.15, 0.2) is 0 Å². The molecule has 2 aliphatic heterocycles. The van der Waals surface area contributed by atoms with Gasteiger partial charge in [-0.15, -0.1) is 0 Å². The number of ether oxygens (including phenoxy) is 1. The van der Waals surface area contributed by atoms with Gasteiger partial charge in [0, 0.05) is 36.1 Å². The Morgan fingerprint density at radius 1 is 1.18 bits per heavy atom. The number of carbonyl (C=O) groups is 1. The SMILES string of the molecule is CC(N1CCOCC1)n1nc(-c2ccccc2)c(-c2ccc3c(c2)CC(=O)N3)c1/C(Br)=C\N. The Labute approximate surface area is 201 Å². The summed E-state index contributed by atoms with van der Waals surface area (Å²) in [5, 5.41) is 8.05. The van der Waals surface area contributed by atoms with Gasteiger partial charge in [-0.3, -0.25) is 9.69 Å². The van der Waals surface area contributed by atoms with Gasteiger partial charge in [0.05, 0.1) is 29.8 Å². The van der Waals surface area contributed by atoms with Crippen molar-refractivity contribution < 1.29 is 9.53 Å². The number of anilines is 1. The van der Waals surface area contributed by atoms with Crippen molar-refractivity contribution >= 4 is 32.0 Å². The number of morpholine rings is 1. The van der Waals surface area contributed by atoms with Crippen molar-refractivity contribution in [2.45, 2.75) is 19.5 Å². The Balaban J connectivity index is 1.73. The maximum atomic E-state index is 11.9. The summed E-state index contributed by atoms with van der Waals surface area (Å²) in [6.07, 6.45) is 1.95. The van der Waals surface area contributed by atoms with Crippen molar-refractivity contribution in [3.8, 4) is 22.4 Å². The highest BCUT2D eigenvalue weighted by molar-refractivity contribution is 9.15. The number of hydrogen-bond donors (Lipinski definition) is 2. The van der Waals surface area contributed by atoms with Gasteiger partial charge in [-0.25, -0.2) is 4.68 Å². The lowest BCUT2D eigenvalue weighted by atomic mass is 9.96. The third-order valence-corrected chi connectivity index (χ3v) is 6.92. The number of nitrogens with zero attached hydrogens (tertiary/aromatic N) is 3. The Morgan fingerprint density at radius 3 is 2.67 bits per heavy atom. The first kappa shape index (κ1) is 21.9. The number of carbonyl (C=O) groups excluding carboxylic acids is 1. The standard InChI is InChI=1S/C25H26BrN5O2/c1-16(30-9-11-33-12-10-30)31-25(20(26)15-27)23(24(29-31)17-5-3-2-4-6-17)18-7-8-21-19(13-18)14-22(32)28-21/h2-8,13,15-16H,9-12,14,27H2,1H3,(H,28,32)/b20-15+. The number of fused-ring (bicyclic) bond motifs is 1. The molecule has 0 saturated carbocycles. The molecule has 7 nitrogen and oxygen atoms in total. The van der Waals surface area contributed by atoms with E-state index in [1.54, 1.807) is 6.20 Å². The van der Waals surface area contributed by atoms with E-state index in [2.05, 4.69) is 51.3 Å². The number of amides is 1. The summed E-state index contributed by atoms with van der Waals surface area (Å²) in [5.41, 5.74) is 12.7. The van der Waals surface area contributed by atoms with E-state index in [0.29, 0.717) is 19.6 Å². The Morgan fingerprint density at radius 2 is 1.94 bits per heavy atom. The maximum absolute atomic E-state index is 11.9.